The lowest BCUT2D eigenvalue weighted by Gasteiger charge is -2.10. The van der Waals surface area contributed by atoms with Gasteiger partial charge in [-0.1, -0.05) is 22.4 Å². The third-order valence-corrected chi connectivity index (χ3v) is 3.78. The molecule has 26 heavy (non-hydrogen) atoms. The van der Waals surface area contributed by atoms with Crippen molar-refractivity contribution in [3.8, 4) is 11.3 Å². The van der Waals surface area contributed by atoms with Crippen molar-refractivity contribution in [2.75, 3.05) is 0 Å². The molecule has 0 unspecified atom stereocenters. The quantitative estimate of drug-likeness (QED) is 0.674. The van der Waals surface area contributed by atoms with Crippen molar-refractivity contribution in [2.45, 2.75) is 0 Å². The van der Waals surface area contributed by atoms with Crippen LogP contribution in [0.2, 0.25) is 0 Å². The van der Waals surface area contributed by atoms with Crippen molar-refractivity contribution >= 4 is 17.8 Å². The normalized spacial score (nSPS) is 13.0. The minimum atomic E-state index is -1.03. The first-order valence-electron chi connectivity index (χ1n) is 7.47. The standard InChI is InChI=1S/C18H9FN2O5/c19-11-7-5-10(6-8-11)15-9-14(20-25-15)18(24)26-21-16(22)12-3-1-2-4-13(12)17(21)23/h1-9H. The third kappa shape index (κ3) is 2.53. The number of hydrogen-bond donors (Lipinski definition) is 0. The first-order valence-corrected chi connectivity index (χ1v) is 7.47. The van der Waals surface area contributed by atoms with Crippen LogP contribution in [0.1, 0.15) is 31.2 Å². The van der Waals surface area contributed by atoms with E-state index in [1.165, 1.54) is 42.5 Å². The fraction of sp³-hybridized carbons (Fsp3) is 0. The van der Waals surface area contributed by atoms with Crippen LogP contribution in [0.15, 0.2) is 59.1 Å². The van der Waals surface area contributed by atoms with Gasteiger partial charge in [-0.3, -0.25) is 9.59 Å². The van der Waals surface area contributed by atoms with Crippen LogP contribution < -0.4 is 0 Å². The van der Waals surface area contributed by atoms with E-state index >= 15 is 0 Å². The van der Waals surface area contributed by atoms with Crippen LogP contribution >= 0.6 is 0 Å². The van der Waals surface area contributed by atoms with Crippen molar-refractivity contribution < 1.29 is 28.1 Å². The Labute approximate surface area is 145 Å². The van der Waals surface area contributed by atoms with Crippen LogP contribution in [0.4, 0.5) is 4.39 Å². The number of rotatable bonds is 3. The Balaban J connectivity index is 1.54. The SMILES string of the molecule is O=C(ON1C(=O)c2ccccc2C1=O)c1cc(-c2ccc(F)cc2)on1. The molecule has 128 valence electrons. The van der Waals surface area contributed by atoms with Crippen LogP contribution in [0.25, 0.3) is 11.3 Å². The Morgan fingerprint density at radius 3 is 2.23 bits per heavy atom. The van der Waals surface area contributed by atoms with E-state index in [1.807, 2.05) is 0 Å². The summed E-state index contributed by atoms with van der Waals surface area (Å²) in [5.41, 5.74) is 0.564. The van der Waals surface area contributed by atoms with E-state index < -0.39 is 23.6 Å². The molecule has 0 aliphatic carbocycles. The van der Waals surface area contributed by atoms with Crippen LogP contribution in [-0.4, -0.2) is 28.0 Å². The second kappa shape index (κ2) is 5.92. The van der Waals surface area contributed by atoms with Crippen LogP contribution in [-0.2, 0) is 4.84 Å². The van der Waals surface area contributed by atoms with Gasteiger partial charge in [-0.05, 0) is 36.4 Å². The Hall–Kier alpha value is -3.81. The molecule has 1 aliphatic heterocycles. The number of imide groups is 1. The molecule has 3 aromatic rings. The number of nitrogens with zero attached hydrogens (tertiary/aromatic N) is 2. The van der Waals surface area contributed by atoms with E-state index in [4.69, 9.17) is 9.36 Å². The molecule has 0 atom stereocenters. The van der Waals surface area contributed by atoms with Crippen molar-refractivity contribution in [3.63, 3.8) is 0 Å². The summed E-state index contributed by atoms with van der Waals surface area (Å²) < 4.78 is 18.0. The molecule has 4 rings (SSSR count). The molecule has 0 radical (unpaired) electrons. The fourth-order valence-electron chi connectivity index (χ4n) is 2.50. The number of amides is 2. The number of hydrogen-bond acceptors (Lipinski definition) is 6. The summed E-state index contributed by atoms with van der Waals surface area (Å²) in [6.07, 6.45) is 0. The number of aromatic nitrogens is 1. The highest BCUT2D eigenvalue weighted by Gasteiger charge is 2.39. The van der Waals surface area contributed by atoms with Gasteiger partial charge in [0.15, 0.2) is 11.5 Å². The van der Waals surface area contributed by atoms with Gasteiger partial charge >= 0.3 is 5.97 Å². The van der Waals surface area contributed by atoms with Gasteiger partial charge in [0.05, 0.1) is 11.1 Å². The van der Waals surface area contributed by atoms with Crippen LogP contribution in [0, 0.1) is 5.82 Å². The van der Waals surface area contributed by atoms with E-state index in [9.17, 15) is 18.8 Å². The molecule has 0 N–H and O–H groups in total. The number of hydroxylamine groups is 2. The van der Waals surface area contributed by atoms with E-state index in [0.717, 1.165) is 0 Å². The monoisotopic (exact) mass is 352 g/mol. The van der Waals surface area contributed by atoms with Crippen molar-refractivity contribution in [1.29, 1.82) is 0 Å². The molecule has 1 aliphatic rings. The Kier molecular flexibility index (Phi) is 3.58. The number of carbonyl (C=O) groups excluding carboxylic acids is 3. The van der Waals surface area contributed by atoms with Gasteiger partial charge in [0, 0.05) is 11.6 Å². The van der Waals surface area contributed by atoms with Gasteiger partial charge in [-0.2, -0.15) is 0 Å². The Morgan fingerprint density at radius 1 is 1.00 bits per heavy atom. The highest BCUT2D eigenvalue weighted by molar-refractivity contribution is 6.21. The second-order valence-corrected chi connectivity index (χ2v) is 5.41. The van der Waals surface area contributed by atoms with Gasteiger partial charge in [-0.25, -0.2) is 9.18 Å². The smallest absolute Gasteiger partial charge is 0.355 e. The molecular formula is C18H9FN2O5. The Morgan fingerprint density at radius 2 is 1.62 bits per heavy atom. The zero-order valence-corrected chi connectivity index (χ0v) is 13.0. The van der Waals surface area contributed by atoms with Crippen molar-refractivity contribution in [3.05, 3.63) is 77.2 Å². The van der Waals surface area contributed by atoms with Gasteiger partial charge in [0.1, 0.15) is 5.82 Å². The zero-order chi connectivity index (χ0) is 18.3. The minimum absolute atomic E-state index is 0.150. The molecule has 1 aromatic heterocycles. The average Bonchev–Trinajstić information content (AvgIpc) is 3.23. The minimum Gasteiger partial charge on any atom is -0.355 e. The molecule has 0 saturated heterocycles. The predicted octanol–water partition coefficient (Wildman–Crippen LogP) is 2.85. The van der Waals surface area contributed by atoms with Gasteiger partial charge in [-0.15, -0.1) is 0 Å². The summed E-state index contributed by atoms with van der Waals surface area (Å²) in [5, 5.41) is 3.95. The average molecular weight is 352 g/mol. The number of fused-ring (bicyclic) bond motifs is 1. The molecule has 2 aromatic carbocycles. The Bertz CT molecular complexity index is 1010. The predicted molar refractivity (Wildman–Crippen MR) is 84.3 cm³/mol. The summed E-state index contributed by atoms with van der Waals surface area (Å²) in [7, 11) is 0. The molecule has 0 fully saturated rings. The van der Waals surface area contributed by atoms with Gasteiger partial charge < -0.3 is 9.36 Å². The lowest BCUT2D eigenvalue weighted by Crippen LogP contribution is -2.32. The fourth-order valence-corrected chi connectivity index (χ4v) is 2.50. The van der Waals surface area contributed by atoms with E-state index in [2.05, 4.69) is 5.16 Å². The molecular weight excluding hydrogens is 343 g/mol. The number of benzene rings is 2. The van der Waals surface area contributed by atoms with E-state index in [0.29, 0.717) is 10.6 Å². The highest BCUT2D eigenvalue weighted by atomic mass is 19.1. The molecule has 2 amide bonds. The largest absolute Gasteiger partial charge is 0.385 e. The molecule has 0 bridgehead atoms. The van der Waals surface area contributed by atoms with Crippen LogP contribution in [0.5, 0.6) is 0 Å². The number of carbonyl (C=O) groups is 3. The van der Waals surface area contributed by atoms with E-state index in [1.54, 1.807) is 12.1 Å². The first kappa shape index (κ1) is 15.7. The maximum Gasteiger partial charge on any atom is 0.385 e. The van der Waals surface area contributed by atoms with Crippen molar-refractivity contribution in [2.24, 2.45) is 0 Å². The van der Waals surface area contributed by atoms with Crippen molar-refractivity contribution in [1.82, 2.24) is 10.2 Å². The zero-order valence-electron chi connectivity index (χ0n) is 13.0. The highest BCUT2D eigenvalue weighted by Crippen LogP contribution is 2.24. The first-order chi connectivity index (χ1) is 12.5. The van der Waals surface area contributed by atoms with Crippen LogP contribution in [0.3, 0.4) is 0 Å². The molecule has 8 heteroatoms. The third-order valence-electron chi connectivity index (χ3n) is 3.78. The summed E-state index contributed by atoms with van der Waals surface area (Å²) >= 11 is 0. The topological polar surface area (TPSA) is 89.7 Å². The van der Waals surface area contributed by atoms with Gasteiger partial charge in [0.25, 0.3) is 11.8 Å². The maximum absolute atomic E-state index is 13.0. The summed E-state index contributed by atoms with van der Waals surface area (Å²) in [6.45, 7) is 0. The summed E-state index contributed by atoms with van der Waals surface area (Å²) in [5.74, 6) is -2.71. The molecule has 7 nitrogen and oxygen atoms in total. The molecule has 0 saturated carbocycles. The van der Waals surface area contributed by atoms with Gasteiger partial charge in [0.2, 0.25) is 0 Å². The lowest BCUT2D eigenvalue weighted by molar-refractivity contribution is -0.0590. The second-order valence-electron chi connectivity index (χ2n) is 5.41. The molecule has 0 spiro atoms. The maximum atomic E-state index is 13.0. The summed E-state index contributed by atoms with van der Waals surface area (Å²) in [6, 6.07) is 12.8. The number of halogens is 1. The van der Waals surface area contributed by atoms with E-state index in [-0.39, 0.29) is 22.6 Å². The molecule has 2 heterocycles. The lowest BCUT2D eigenvalue weighted by atomic mass is 10.1. The summed E-state index contributed by atoms with van der Waals surface area (Å²) in [4.78, 5) is 41.4.